The molecule has 0 bridgehead atoms. The number of carbonyl (C=O) groups is 1. The Hall–Kier alpha value is -2.40. The van der Waals surface area contributed by atoms with Gasteiger partial charge in [0.1, 0.15) is 5.75 Å². The minimum absolute atomic E-state index is 0.0584. The Morgan fingerprint density at radius 1 is 1.25 bits per heavy atom. The highest BCUT2D eigenvalue weighted by Gasteiger charge is 2.20. The summed E-state index contributed by atoms with van der Waals surface area (Å²) in [6.07, 6.45) is 5.30. The molecule has 0 aliphatic carbocycles. The van der Waals surface area contributed by atoms with Crippen molar-refractivity contribution in [1.29, 1.82) is 0 Å². The van der Waals surface area contributed by atoms with Crippen molar-refractivity contribution in [1.82, 2.24) is 15.6 Å². The third kappa shape index (κ3) is 3.92. The number of pyridine rings is 1. The van der Waals surface area contributed by atoms with Crippen molar-refractivity contribution in [2.24, 2.45) is 0 Å². The molecule has 24 heavy (non-hydrogen) atoms. The van der Waals surface area contributed by atoms with Gasteiger partial charge in [0.05, 0.1) is 12.7 Å². The first-order chi connectivity index (χ1) is 11.7. The first-order valence-corrected chi connectivity index (χ1v) is 8.29. The monoisotopic (exact) mass is 325 g/mol. The zero-order valence-electron chi connectivity index (χ0n) is 14.1. The first-order valence-electron chi connectivity index (χ1n) is 8.29. The van der Waals surface area contributed by atoms with E-state index in [9.17, 15) is 4.79 Å². The van der Waals surface area contributed by atoms with E-state index in [2.05, 4.69) is 22.5 Å². The number of nitrogens with one attached hydrogen (secondary N) is 2. The zero-order chi connectivity index (χ0) is 16.9. The minimum atomic E-state index is -0.0584. The Labute approximate surface area is 142 Å². The Morgan fingerprint density at radius 2 is 2.04 bits per heavy atom. The van der Waals surface area contributed by atoms with Crippen molar-refractivity contribution in [3.63, 3.8) is 0 Å². The quantitative estimate of drug-likeness (QED) is 0.907. The third-order valence-corrected chi connectivity index (χ3v) is 4.38. The molecule has 2 atom stereocenters. The van der Waals surface area contributed by atoms with Crippen LogP contribution >= 0.6 is 0 Å². The fourth-order valence-corrected chi connectivity index (χ4v) is 3.04. The molecule has 126 valence electrons. The fraction of sp³-hybridized carbons (Fsp3) is 0.368. The lowest BCUT2D eigenvalue weighted by atomic mass is 10.00. The minimum Gasteiger partial charge on any atom is -0.497 e. The van der Waals surface area contributed by atoms with Gasteiger partial charge in [0.15, 0.2) is 0 Å². The molecule has 1 saturated heterocycles. The van der Waals surface area contributed by atoms with Crippen molar-refractivity contribution >= 4 is 5.91 Å². The molecule has 1 aliphatic rings. The molecule has 1 aliphatic heterocycles. The smallest absolute Gasteiger partial charge is 0.253 e. The molecule has 5 heteroatoms. The van der Waals surface area contributed by atoms with Crippen molar-refractivity contribution in [3.8, 4) is 16.9 Å². The maximum atomic E-state index is 12.5. The Balaban J connectivity index is 1.73. The van der Waals surface area contributed by atoms with Crippen molar-refractivity contribution < 1.29 is 9.53 Å². The number of piperidine rings is 1. The fourth-order valence-electron chi connectivity index (χ4n) is 3.04. The van der Waals surface area contributed by atoms with E-state index in [1.807, 2.05) is 30.3 Å². The van der Waals surface area contributed by atoms with Gasteiger partial charge in [-0.1, -0.05) is 12.1 Å². The van der Waals surface area contributed by atoms with E-state index in [0.717, 1.165) is 36.3 Å². The van der Waals surface area contributed by atoms with Crippen LogP contribution in [0, 0.1) is 0 Å². The van der Waals surface area contributed by atoms with Gasteiger partial charge in [-0.05, 0) is 50.1 Å². The number of aromatic nitrogens is 1. The van der Waals surface area contributed by atoms with Crippen LogP contribution in [-0.2, 0) is 0 Å². The number of rotatable bonds is 4. The summed E-state index contributed by atoms with van der Waals surface area (Å²) in [5.41, 5.74) is 2.52. The third-order valence-electron chi connectivity index (χ3n) is 4.38. The Bertz CT molecular complexity index is 700. The van der Waals surface area contributed by atoms with Crippen LogP contribution in [0.1, 0.15) is 30.1 Å². The van der Waals surface area contributed by atoms with Crippen LogP contribution in [-0.4, -0.2) is 36.6 Å². The summed E-state index contributed by atoms with van der Waals surface area (Å²) < 4.78 is 5.18. The number of hydrogen-bond acceptors (Lipinski definition) is 4. The van der Waals surface area contributed by atoms with Crippen LogP contribution in [0.5, 0.6) is 5.75 Å². The van der Waals surface area contributed by atoms with Gasteiger partial charge in [-0.3, -0.25) is 9.78 Å². The van der Waals surface area contributed by atoms with E-state index in [-0.39, 0.29) is 11.9 Å². The summed E-state index contributed by atoms with van der Waals surface area (Å²) in [6, 6.07) is 10.3. The predicted octanol–water partition coefficient (Wildman–Crippen LogP) is 2.63. The molecule has 1 amide bonds. The van der Waals surface area contributed by atoms with Crippen molar-refractivity contribution in [2.45, 2.75) is 31.8 Å². The number of carbonyl (C=O) groups excluding carboxylic acids is 1. The molecular formula is C19H23N3O2. The average molecular weight is 325 g/mol. The lowest BCUT2D eigenvalue weighted by Crippen LogP contribution is -2.46. The molecule has 2 unspecified atom stereocenters. The highest BCUT2D eigenvalue weighted by molar-refractivity contribution is 5.95. The summed E-state index contributed by atoms with van der Waals surface area (Å²) in [6.45, 7) is 3.08. The van der Waals surface area contributed by atoms with Gasteiger partial charge in [-0.25, -0.2) is 0 Å². The average Bonchev–Trinajstić information content (AvgIpc) is 2.62. The Kier molecular flexibility index (Phi) is 5.11. The maximum absolute atomic E-state index is 12.5. The molecule has 0 saturated carbocycles. The van der Waals surface area contributed by atoms with E-state index in [1.54, 1.807) is 19.5 Å². The van der Waals surface area contributed by atoms with Crippen LogP contribution < -0.4 is 15.4 Å². The molecule has 2 heterocycles. The van der Waals surface area contributed by atoms with Gasteiger partial charge in [-0.2, -0.15) is 0 Å². The van der Waals surface area contributed by atoms with Crippen LogP contribution in [0.3, 0.4) is 0 Å². The van der Waals surface area contributed by atoms with Gasteiger partial charge in [0, 0.05) is 30.0 Å². The number of benzene rings is 1. The maximum Gasteiger partial charge on any atom is 0.253 e. The van der Waals surface area contributed by atoms with Gasteiger partial charge in [0.2, 0.25) is 0 Å². The molecule has 1 aromatic carbocycles. The van der Waals surface area contributed by atoms with E-state index < -0.39 is 0 Å². The lowest BCUT2D eigenvalue weighted by Gasteiger charge is -2.28. The number of amides is 1. The second-order valence-electron chi connectivity index (χ2n) is 6.24. The van der Waals surface area contributed by atoms with Crippen molar-refractivity contribution in [2.75, 3.05) is 13.7 Å². The van der Waals surface area contributed by atoms with E-state index >= 15 is 0 Å². The van der Waals surface area contributed by atoms with Crippen LogP contribution in [0.15, 0.2) is 42.7 Å². The largest absolute Gasteiger partial charge is 0.497 e. The second kappa shape index (κ2) is 7.45. The number of methoxy groups -OCH3 is 1. The number of nitrogens with zero attached hydrogens (tertiary/aromatic N) is 1. The van der Waals surface area contributed by atoms with Gasteiger partial charge >= 0.3 is 0 Å². The first kappa shape index (κ1) is 16.5. The van der Waals surface area contributed by atoms with Gasteiger partial charge in [0.25, 0.3) is 5.91 Å². The molecule has 1 aromatic heterocycles. The zero-order valence-corrected chi connectivity index (χ0v) is 14.1. The van der Waals surface area contributed by atoms with Gasteiger partial charge in [-0.15, -0.1) is 0 Å². The molecule has 0 radical (unpaired) electrons. The molecule has 3 rings (SSSR count). The van der Waals surface area contributed by atoms with E-state index in [4.69, 9.17) is 4.74 Å². The summed E-state index contributed by atoms with van der Waals surface area (Å²) in [5.74, 6) is 0.748. The summed E-state index contributed by atoms with van der Waals surface area (Å²) in [5, 5.41) is 6.51. The predicted molar refractivity (Wildman–Crippen MR) is 94.2 cm³/mol. The van der Waals surface area contributed by atoms with Crippen LogP contribution in [0.4, 0.5) is 0 Å². The van der Waals surface area contributed by atoms with Gasteiger partial charge < -0.3 is 15.4 Å². The normalized spacial score (nSPS) is 20.4. The van der Waals surface area contributed by atoms with E-state index in [1.165, 1.54) is 0 Å². The highest BCUT2D eigenvalue weighted by atomic mass is 16.5. The van der Waals surface area contributed by atoms with E-state index in [0.29, 0.717) is 11.6 Å². The SMILES string of the molecule is COc1ccc(-c2cncc(C(=O)NC3CCNC(C)C3)c2)cc1. The van der Waals surface area contributed by atoms with Crippen LogP contribution in [0.2, 0.25) is 0 Å². The molecule has 2 N–H and O–H groups in total. The molecule has 2 aromatic rings. The molecular weight excluding hydrogens is 302 g/mol. The number of hydrogen-bond donors (Lipinski definition) is 2. The molecule has 0 spiro atoms. The summed E-state index contributed by atoms with van der Waals surface area (Å²) in [4.78, 5) is 16.7. The standard InChI is InChI=1S/C19H23N3O2/c1-13-9-17(7-8-21-13)22-19(23)16-10-15(11-20-12-16)14-3-5-18(24-2)6-4-14/h3-6,10-13,17,21H,7-9H2,1-2H3,(H,22,23). The molecule has 1 fully saturated rings. The van der Waals surface area contributed by atoms with Crippen LogP contribution in [0.25, 0.3) is 11.1 Å². The Morgan fingerprint density at radius 3 is 2.75 bits per heavy atom. The highest BCUT2D eigenvalue weighted by Crippen LogP contribution is 2.22. The summed E-state index contributed by atoms with van der Waals surface area (Å²) in [7, 11) is 1.64. The molecule has 5 nitrogen and oxygen atoms in total. The van der Waals surface area contributed by atoms with Crippen molar-refractivity contribution in [3.05, 3.63) is 48.3 Å². The lowest BCUT2D eigenvalue weighted by molar-refractivity contribution is 0.0925. The second-order valence-corrected chi connectivity index (χ2v) is 6.24. The number of ether oxygens (including phenoxy) is 1. The summed E-state index contributed by atoms with van der Waals surface area (Å²) >= 11 is 0. The topological polar surface area (TPSA) is 63.2 Å².